The Morgan fingerprint density at radius 3 is 2.02 bits per heavy atom. The zero-order chi connectivity index (χ0) is 44.9. The molecule has 63 heavy (non-hydrogen) atoms. The molecule has 3 saturated heterocycles. The zero-order valence-electron chi connectivity index (χ0n) is 39.0. The van der Waals surface area contributed by atoms with Crippen LogP contribution in [0.25, 0.3) is 5.65 Å². The highest BCUT2D eigenvalue weighted by atomic mass is 16.3. The summed E-state index contributed by atoms with van der Waals surface area (Å²) in [6.45, 7) is 17.4. The maximum absolute atomic E-state index is 12.1. The Bertz CT molecular complexity index is 2120. The molecule has 0 aliphatic carbocycles. The quantitative estimate of drug-likeness (QED) is 0.188. The number of imidazole rings is 1. The number of allylic oxidation sites excluding steroid dienone is 1. The minimum Gasteiger partial charge on any atom is -0.513 e. The SMILES string of the molecule is C=C(O)C1CCN(C)CC1.CN1CCC(N2C(=O)Cc3ccccc32)CC1.CN1CCc2[nH]ncc2C1.CNCc1cn2ccccc2n1.Cc1nnc(C)n1C1CCN(C)CC1. The molecule has 5 aliphatic heterocycles. The maximum atomic E-state index is 12.1. The Labute approximate surface area is 375 Å². The monoisotopic (exact) mass is 864 g/mol. The summed E-state index contributed by atoms with van der Waals surface area (Å²) in [4.78, 5) is 27.9. The smallest absolute Gasteiger partial charge is 0.231 e. The van der Waals surface area contributed by atoms with Crippen LogP contribution < -0.4 is 10.2 Å². The van der Waals surface area contributed by atoms with Gasteiger partial charge in [0.2, 0.25) is 5.91 Å². The highest BCUT2D eigenvalue weighted by Crippen LogP contribution is 2.33. The normalized spacial score (nSPS) is 19.1. The summed E-state index contributed by atoms with van der Waals surface area (Å²) in [5.74, 6) is 3.11. The Balaban J connectivity index is 0.000000133. The van der Waals surface area contributed by atoms with E-state index in [4.69, 9.17) is 5.11 Å². The fraction of sp³-hybridized carbons (Fsp3) is 0.562. The van der Waals surface area contributed by atoms with Crippen molar-refractivity contribution in [3.63, 3.8) is 0 Å². The number of aliphatic hydroxyl groups is 1. The lowest BCUT2D eigenvalue weighted by Gasteiger charge is -2.35. The number of nitrogens with one attached hydrogen (secondary N) is 2. The number of nitrogens with zero attached hydrogens (tertiary/aromatic N) is 11. The van der Waals surface area contributed by atoms with Crippen LogP contribution in [0.15, 0.2) is 73.4 Å². The fourth-order valence-corrected chi connectivity index (χ4v) is 9.15. The van der Waals surface area contributed by atoms with Crippen molar-refractivity contribution in [3.8, 4) is 0 Å². The van der Waals surface area contributed by atoms with Crippen LogP contribution in [-0.4, -0.2) is 152 Å². The first-order chi connectivity index (χ1) is 30.4. The van der Waals surface area contributed by atoms with Gasteiger partial charge in [-0.2, -0.15) is 5.10 Å². The lowest BCUT2D eigenvalue weighted by molar-refractivity contribution is -0.118. The summed E-state index contributed by atoms with van der Waals surface area (Å²) in [5, 5.41) is 27.3. The average Bonchev–Trinajstić information content (AvgIpc) is 4.07. The number of hydrogen-bond acceptors (Lipinski definition) is 11. The minimum absolute atomic E-state index is 0.278. The van der Waals surface area contributed by atoms with Crippen molar-refractivity contribution in [1.82, 2.24) is 59.3 Å². The Morgan fingerprint density at radius 2 is 1.40 bits per heavy atom. The van der Waals surface area contributed by atoms with Gasteiger partial charge in [-0.3, -0.25) is 9.89 Å². The number of aromatic nitrogens is 7. The molecule has 4 aromatic heterocycles. The standard InChI is InChI=1S/C14H18N2O.C10H18N4.C9H11N3.C8H15NO.C7H11N3/c1-15-8-6-12(7-9-15)16-13-5-3-2-4-11(13)10-14(16)17;1-8-11-12-9(2)14(8)10-4-6-13(3)7-5-10;1-10-6-8-7-12-5-3-2-4-9(12)11-8;1-7(10)8-3-5-9(2)6-4-8;1-10-3-2-7-6(5-10)4-8-9-7/h2-5,12H,6-10H2,1H3;10H,4-7H2,1-3H3;2-5,7,10H,6H2,1H3;8,10H,1,3-6H2,2H3;4H,2-3,5H2,1H3,(H,8,9). The van der Waals surface area contributed by atoms with Gasteiger partial charge in [0.25, 0.3) is 0 Å². The summed E-state index contributed by atoms with van der Waals surface area (Å²) in [6.07, 6.45) is 14.4. The van der Waals surface area contributed by atoms with Crippen molar-refractivity contribution < 1.29 is 9.90 Å². The number of aromatic amines is 1. The van der Waals surface area contributed by atoms with Crippen LogP contribution in [0.3, 0.4) is 0 Å². The van der Waals surface area contributed by atoms with Crippen molar-refractivity contribution in [1.29, 1.82) is 0 Å². The fourth-order valence-electron chi connectivity index (χ4n) is 9.15. The number of piperidine rings is 3. The largest absolute Gasteiger partial charge is 0.513 e. The van der Waals surface area contributed by atoms with Crippen molar-refractivity contribution in [2.45, 2.75) is 90.4 Å². The highest BCUT2D eigenvalue weighted by molar-refractivity contribution is 6.01. The first-order valence-corrected chi connectivity index (χ1v) is 22.9. The van der Waals surface area contributed by atoms with Gasteiger partial charge in [0.05, 0.1) is 24.1 Å². The number of fused-ring (bicyclic) bond motifs is 3. The molecule has 3 N–H and O–H groups in total. The summed E-state index contributed by atoms with van der Waals surface area (Å²) < 4.78 is 4.31. The third-order valence-corrected chi connectivity index (χ3v) is 13.0. The summed E-state index contributed by atoms with van der Waals surface area (Å²) in [5.41, 5.74) is 7.08. The Hall–Kier alpha value is -4.93. The van der Waals surface area contributed by atoms with Gasteiger partial charge in [0.15, 0.2) is 0 Å². The highest BCUT2D eigenvalue weighted by Gasteiger charge is 2.34. The van der Waals surface area contributed by atoms with Gasteiger partial charge in [0, 0.05) is 73.4 Å². The van der Waals surface area contributed by atoms with E-state index in [0.29, 0.717) is 30.2 Å². The van der Waals surface area contributed by atoms with Crippen LogP contribution in [0, 0.1) is 19.8 Å². The molecule has 0 bridgehead atoms. The van der Waals surface area contributed by atoms with E-state index in [-0.39, 0.29) is 5.91 Å². The molecule has 0 saturated carbocycles. The molecule has 5 aromatic rings. The number of pyridine rings is 1. The molecule has 1 aromatic carbocycles. The van der Waals surface area contributed by atoms with Crippen LogP contribution in [0.1, 0.15) is 78.7 Å². The lowest BCUT2D eigenvalue weighted by Crippen LogP contribution is -2.45. The van der Waals surface area contributed by atoms with Crippen molar-refractivity contribution in [3.05, 3.63) is 108 Å². The van der Waals surface area contributed by atoms with Crippen LogP contribution >= 0.6 is 0 Å². The molecule has 1 amide bonds. The molecule has 0 spiro atoms. The van der Waals surface area contributed by atoms with Gasteiger partial charge >= 0.3 is 0 Å². The summed E-state index contributed by atoms with van der Waals surface area (Å²) in [6, 6.07) is 15.2. The van der Waals surface area contributed by atoms with Gasteiger partial charge in [-0.25, -0.2) is 4.98 Å². The number of rotatable bonds is 5. The third kappa shape index (κ3) is 13.3. The maximum Gasteiger partial charge on any atom is 0.231 e. The first-order valence-electron chi connectivity index (χ1n) is 22.9. The first kappa shape index (κ1) is 47.5. The van der Waals surface area contributed by atoms with E-state index in [1.165, 1.54) is 42.8 Å². The molecule has 9 heterocycles. The molecule has 0 radical (unpaired) electrons. The molecule has 10 rings (SSSR count). The van der Waals surface area contributed by atoms with Crippen molar-refractivity contribution >= 4 is 17.2 Å². The second kappa shape index (κ2) is 23.1. The van der Waals surface area contributed by atoms with Crippen LogP contribution in [0.5, 0.6) is 0 Å². The van der Waals surface area contributed by atoms with E-state index in [2.05, 4.69) is 102 Å². The van der Waals surface area contributed by atoms with Crippen LogP contribution in [-0.2, 0) is 30.7 Å². The molecule has 342 valence electrons. The molecule has 0 atom stereocenters. The van der Waals surface area contributed by atoms with Gasteiger partial charge in [-0.1, -0.05) is 30.8 Å². The number of carbonyl (C=O) groups excluding carboxylic acids is 1. The third-order valence-electron chi connectivity index (χ3n) is 13.0. The van der Waals surface area contributed by atoms with E-state index in [9.17, 15) is 4.79 Å². The predicted molar refractivity (Wildman–Crippen MR) is 252 cm³/mol. The van der Waals surface area contributed by atoms with Gasteiger partial charge in [-0.05, 0) is 151 Å². The molecule has 5 aliphatic rings. The number of aliphatic hydroxyl groups excluding tert-OH is 1. The van der Waals surface area contributed by atoms with Gasteiger partial charge in [-0.15, -0.1) is 10.2 Å². The number of benzene rings is 1. The number of likely N-dealkylation sites (N-methyl/N-ethyl adjacent to an activating group) is 1. The Kier molecular flexibility index (Phi) is 17.5. The number of aryl methyl sites for hydroxylation is 2. The number of H-pyrrole nitrogens is 1. The van der Waals surface area contributed by atoms with Crippen LogP contribution in [0.4, 0.5) is 5.69 Å². The molecule has 15 nitrogen and oxygen atoms in total. The van der Waals surface area contributed by atoms with E-state index in [1.54, 1.807) is 0 Å². The van der Waals surface area contributed by atoms with Crippen molar-refractivity contribution in [2.75, 3.05) is 86.0 Å². The predicted octanol–water partition coefficient (Wildman–Crippen LogP) is 5.68. The van der Waals surface area contributed by atoms with Gasteiger partial charge in [0.1, 0.15) is 17.3 Å². The topological polar surface area (TPSA) is 142 Å². The number of anilines is 1. The molecule has 15 heteroatoms. The molecule has 3 fully saturated rings. The minimum atomic E-state index is 0.278. The second-order valence-electron chi connectivity index (χ2n) is 18.0. The summed E-state index contributed by atoms with van der Waals surface area (Å²) >= 11 is 0. The molecule has 0 unspecified atom stereocenters. The average molecular weight is 864 g/mol. The summed E-state index contributed by atoms with van der Waals surface area (Å²) in [7, 11) is 10.5. The lowest BCUT2D eigenvalue weighted by atomic mass is 9.96. The Morgan fingerprint density at radius 1 is 0.794 bits per heavy atom. The number of likely N-dealkylation sites (tertiary alicyclic amines) is 3. The number of hydrogen-bond donors (Lipinski definition) is 3. The van der Waals surface area contributed by atoms with E-state index >= 15 is 0 Å². The number of amides is 1. The van der Waals surface area contributed by atoms with Crippen molar-refractivity contribution in [2.24, 2.45) is 5.92 Å². The molecular formula is C48H73N13O2. The van der Waals surface area contributed by atoms with E-state index in [0.717, 1.165) is 107 Å². The zero-order valence-corrected chi connectivity index (χ0v) is 39.0. The number of carbonyl (C=O) groups is 1. The van der Waals surface area contributed by atoms with Gasteiger partial charge < -0.3 is 43.9 Å². The van der Waals surface area contributed by atoms with E-state index in [1.807, 2.05) is 79.1 Å². The van der Waals surface area contributed by atoms with Crippen LogP contribution in [0.2, 0.25) is 0 Å². The van der Waals surface area contributed by atoms with E-state index < -0.39 is 0 Å². The molecular weight excluding hydrogens is 791 g/mol. The number of para-hydroxylation sites is 1. The second-order valence-corrected chi connectivity index (χ2v) is 18.0.